The third kappa shape index (κ3) is 2.53. The Labute approximate surface area is 171 Å². The number of carbonyl (C=O) groups excluding carboxylic acids is 1. The summed E-state index contributed by atoms with van der Waals surface area (Å²) in [6.07, 6.45) is 9.93. The summed E-state index contributed by atoms with van der Waals surface area (Å²) >= 11 is 0. The summed E-state index contributed by atoms with van der Waals surface area (Å²) in [5.74, 6) is 0.741. The van der Waals surface area contributed by atoms with Gasteiger partial charge in [-0.2, -0.15) is 0 Å². The van der Waals surface area contributed by atoms with Gasteiger partial charge in [-0.15, -0.1) is 0 Å². The molecule has 5 rings (SSSR count). The van der Waals surface area contributed by atoms with E-state index in [9.17, 15) is 19.8 Å². The van der Waals surface area contributed by atoms with Gasteiger partial charge in [-0.25, -0.2) is 4.79 Å². The van der Waals surface area contributed by atoms with Gasteiger partial charge < -0.3 is 19.4 Å². The van der Waals surface area contributed by atoms with E-state index in [1.54, 1.807) is 6.26 Å². The van der Waals surface area contributed by atoms with E-state index in [1.165, 1.54) is 12.4 Å². The summed E-state index contributed by atoms with van der Waals surface area (Å²) in [5, 5.41) is 22.3. The zero-order valence-corrected chi connectivity index (χ0v) is 17.2. The first-order valence-corrected chi connectivity index (χ1v) is 11.3. The molecule has 4 aliphatic carbocycles. The Kier molecular flexibility index (Phi) is 4.38. The van der Waals surface area contributed by atoms with Gasteiger partial charge in [0.15, 0.2) is 0 Å². The van der Waals surface area contributed by atoms with Crippen LogP contribution in [0.1, 0.15) is 76.2 Å². The fraction of sp³-hybridized carbons (Fsp3) is 0.750. The topological polar surface area (TPSA) is 87.7 Å². The molecule has 0 aliphatic heterocycles. The lowest BCUT2D eigenvalue weighted by Gasteiger charge is -2.62. The Morgan fingerprint density at radius 1 is 1.07 bits per heavy atom. The van der Waals surface area contributed by atoms with Crippen LogP contribution in [0.2, 0.25) is 0 Å². The van der Waals surface area contributed by atoms with E-state index in [4.69, 9.17) is 4.42 Å². The molecule has 0 aromatic carbocycles. The lowest BCUT2D eigenvalue weighted by atomic mass is 9.43. The molecule has 4 fully saturated rings. The number of hydrogen-bond donors (Lipinski definition) is 2. The summed E-state index contributed by atoms with van der Waals surface area (Å²) in [6.45, 7) is 2.20. The zero-order chi connectivity index (χ0) is 20.4. The first-order chi connectivity index (χ1) is 13.8. The highest BCUT2D eigenvalue weighted by molar-refractivity contribution is 5.62. The van der Waals surface area contributed by atoms with E-state index in [-0.39, 0.29) is 46.2 Å². The molecule has 0 amide bonds. The lowest BCUT2D eigenvalue weighted by Crippen LogP contribution is -2.63. The predicted octanol–water partition coefficient (Wildman–Crippen LogP) is 3.42. The molecular formula is C24H32O5. The van der Waals surface area contributed by atoms with Gasteiger partial charge in [-0.1, -0.05) is 6.92 Å². The highest BCUT2D eigenvalue weighted by Crippen LogP contribution is 2.70. The minimum absolute atomic E-state index is 0.124. The molecule has 8 atom stereocenters. The molecule has 0 spiro atoms. The molecule has 4 aliphatic rings. The van der Waals surface area contributed by atoms with Crippen molar-refractivity contribution in [2.75, 3.05) is 0 Å². The number of aliphatic hydroxyl groups is 2. The minimum atomic E-state index is -0.798. The Morgan fingerprint density at radius 3 is 2.62 bits per heavy atom. The second-order valence-electron chi connectivity index (χ2n) is 10.5. The third-order valence-corrected chi connectivity index (χ3v) is 9.73. The maximum Gasteiger partial charge on any atom is 0.335 e. The van der Waals surface area contributed by atoms with E-state index >= 15 is 0 Å². The van der Waals surface area contributed by atoms with Crippen molar-refractivity contribution >= 4 is 6.29 Å². The fourth-order valence-corrected chi connectivity index (χ4v) is 8.23. The Bertz CT molecular complexity index is 843. The van der Waals surface area contributed by atoms with Gasteiger partial charge in [-0.3, -0.25) is 0 Å². The molecule has 0 bridgehead atoms. The summed E-state index contributed by atoms with van der Waals surface area (Å²) in [6, 6.07) is 3.33. The average Bonchev–Trinajstić information content (AvgIpc) is 3.00. The van der Waals surface area contributed by atoms with Crippen LogP contribution in [0.4, 0.5) is 0 Å². The van der Waals surface area contributed by atoms with Crippen LogP contribution < -0.4 is 5.63 Å². The Balaban J connectivity index is 1.50. The maximum atomic E-state index is 12.5. The normalized spacial score (nSPS) is 49.0. The number of fused-ring (bicyclic) bond motifs is 5. The first kappa shape index (κ1) is 19.5. The molecule has 1 aromatic heterocycles. The van der Waals surface area contributed by atoms with Crippen LogP contribution in [0.25, 0.3) is 0 Å². The molecular weight excluding hydrogens is 368 g/mol. The van der Waals surface area contributed by atoms with Crippen molar-refractivity contribution in [2.24, 2.45) is 28.6 Å². The van der Waals surface area contributed by atoms with Crippen molar-refractivity contribution in [1.82, 2.24) is 0 Å². The smallest absolute Gasteiger partial charge is 0.335 e. The van der Waals surface area contributed by atoms with Gasteiger partial charge in [0.05, 0.1) is 18.0 Å². The summed E-state index contributed by atoms with van der Waals surface area (Å²) in [5.41, 5.74) is -0.799. The molecule has 2 N–H and O–H groups in total. The van der Waals surface area contributed by atoms with Crippen LogP contribution in [0.5, 0.6) is 0 Å². The molecule has 4 saturated carbocycles. The largest absolute Gasteiger partial charge is 0.431 e. The summed E-state index contributed by atoms with van der Waals surface area (Å²) in [7, 11) is 0. The SMILES string of the molecule is C[C@]12CCC3C(CC[C@H]4C[C@@H](O)CC[C@]34C=O)[C@@]1(O)CC[C@@H]2c1ccc(=O)oc1. The molecule has 0 radical (unpaired) electrons. The second-order valence-corrected chi connectivity index (χ2v) is 10.5. The molecule has 5 heteroatoms. The van der Waals surface area contributed by atoms with Gasteiger partial charge in [0, 0.05) is 16.9 Å². The number of aliphatic hydroxyl groups excluding tert-OH is 1. The number of hydrogen-bond acceptors (Lipinski definition) is 5. The predicted molar refractivity (Wildman–Crippen MR) is 107 cm³/mol. The summed E-state index contributed by atoms with van der Waals surface area (Å²) < 4.78 is 5.14. The molecule has 1 aromatic rings. The van der Waals surface area contributed by atoms with Crippen LogP contribution in [-0.4, -0.2) is 28.2 Å². The van der Waals surface area contributed by atoms with Crippen molar-refractivity contribution in [3.8, 4) is 0 Å². The van der Waals surface area contributed by atoms with Crippen molar-refractivity contribution < 1.29 is 19.4 Å². The number of aldehydes is 1. The molecule has 158 valence electrons. The quantitative estimate of drug-likeness (QED) is 0.743. The zero-order valence-electron chi connectivity index (χ0n) is 17.2. The van der Waals surface area contributed by atoms with E-state index in [1.807, 2.05) is 6.07 Å². The monoisotopic (exact) mass is 400 g/mol. The molecule has 1 heterocycles. The maximum absolute atomic E-state index is 12.5. The van der Waals surface area contributed by atoms with Gasteiger partial charge in [0.2, 0.25) is 0 Å². The van der Waals surface area contributed by atoms with Gasteiger partial charge in [-0.05, 0) is 93.1 Å². The molecule has 2 unspecified atom stereocenters. The van der Waals surface area contributed by atoms with Gasteiger partial charge in [0.1, 0.15) is 6.29 Å². The van der Waals surface area contributed by atoms with Crippen LogP contribution in [0, 0.1) is 28.6 Å². The third-order valence-electron chi connectivity index (χ3n) is 9.73. The molecule has 29 heavy (non-hydrogen) atoms. The van der Waals surface area contributed by atoms with Gasteiger partial charge in [0.25, 0.3) is 0 Å². The lowest BCUT2D eigenvalue weighted by molar-refractivity contribution is -0.204. The van der Waals surface area contributed by atoms with E-state index in [2.05, 4.69) is 6.92 Å². The van der Waals surface area contributed by atoms with Crippen molar-refractivity contribution in [2.45, 2.75) is 82.3 Å². The van der Waals surface area contributed by atoms with E-state index in [0.29, 0.717) is 6.42 Å². The van der Waals surface area contributed by atoms with Crippen molar-refractivity contribution in [3.05, 3.63) is 34.4 Å². The number of rotatable bonds is 2. The second kappa shape index (κ2) is 6.52. The Morgan fingerprint density at radius 2 is 1.90 bits per heavy atom. The van der Waals surface area contributed by atoms with Gasteiger partial charge >= 0.3 is 5.63 Å². The van der Waals surface area contributed by atoms with Crippen LogP contribution in [0.15, 0.2) is 27.6 Å². The highest BCUT2D eigenvalue weighted by atomic mass is 16.4. The standard InChI is InChI=1S/C24H32O5/c1-22-9-7-19-20(4-3-16-12-17(26)6-10-23(16,19)14-25)24(22,28)11-8-18(22)15-2-5-21(27)29-13-15/h2,5,13-14,16-20,26,28H,3-4,6-12H2,1H3/t16-,17-,18+,19?,20?,22+,23+,24-/m0/s1. The molecule has 5 nitrogen and oxygen atoms in total. The first-order valence-electron chi connectivity index (χ1n) is 11.3. The van der Waals surface area contributed by atoms with E-state index in [0.717, 1.165) is 56.9 Å². The minimum Gasteiger partial charge on any atom is -0.431 e. The van der Waals surface area contributed by atoms with Crippen molar-refractivity contribution in [3.63, 3.8) is 0 Å². The Hall–Kier alpha value is -1.46. The van der Waals surface area contributed by atoms with Crippen molar-refractivity contribution in [1.29, 1.82) is 0 Å². The van der Waals surface area contributed by atoms with Crippen LogP contribution >= 0.6 is 0 Å². The fourth-order valence-electron chi connectivity index (χ4n) is 8.23. The number of carbonyl (C=O) groups is 1. The average molecular weight is 401 g/mol. The van der Waals surface area contributed by atoms with Crippen LogP contribution in [0.3, 0.4) is 0 Å². The van der Waals surface area contributed by atoms with E-state index < -0.39 is 5.60 Å². The summed E-state index contributed by atoms with van der Waals surface area (Å²) in [4.78, 5) is 23.9. The highest BCUT2D eigenvalue weighted by Gasteiger charge is 2.68. The van der Waals surface area contributed by atoms with Crippen LogP contribution in [-0.2, 0) is 4.79 Å². The molecule has 0 saturated heterocycles.